The lowest BCUT2D eigenvalue weighted by molar-refractivity contribution is -0.112. The number of halogens is 1. The van der Waals surface area contributed by atoms with Crippen molar-refractivity contribution in [2.75, 3.05) is 10.6 Å². The van der Waals surface area contributed by atoms with Crippen LogP contribution in [0.1, 0.15) is 5.56 Å². The summed E-state index contributed by atoms with van der Waals surface area (Å²) in [6.07, 6.45) is 1.34. The number of benzene rings is 2. The zero-order valence-corrected chi connectivity index (χ0v) is 12.7. The third kappa shape index (κ3) is 4.11. The van der Waals surface area contributed by atoms with Gasteiger partial charge >= 0.3 is 0 Å². The summed E-state index contributed by atoms with van der Waals surface area (Å²) < 4.78 is 0. The monoisotopic (exact) mass is 311 g/mol. The Balaban J connectivity index is 2.10. The van der Waals surface area contributed by atoms with E-state index in [1.54, 1.807) is 36.4 Å². The second-order valence-corrected chi connectivity index (χ2v) is 5.02. The van der Waals surface area contributed by atoms with Gasteiger partial charge in [0, 0.05) is 11.9 Å². The highest BCUT2D eigenvalue weighted by atomic mass is 35.5. The number of para-hydroxylation sites is 1. The van der Waals surface area contributed by atoms with Gasteiger partial charge in [-0.1, -0.05) is 35.9 Å². The summed E-state index contributed by atoms with van der Waals surface area (Å²) in [6.45, 7) is 1.93. The normalized spacial score (nSPS) is 10.7. The van der Waals surface area contributed by atoms with Gasteiger partial charge in [0.2, 0.25) is 0 Å². The summed E-state index contributed by atoms with van der Waals surface area (Å²) in [4.78, 5) is 12.0. The summed E-state index contributed by atoms with van der Waals surface area (Å²) in [5, 5.41) is 15.2. The van der Waals surface area contributed by atoms with Crippen LogP contribution in [0.4, 0.5) is 11.4 Å². The summed E-state index contributed by atoms with van der Waals surface area (Å²) in [6, 6.07) is 16.3. The number of anilines is 2. The lowest BCUT2D eigenvalue weighted by Crippen LogP contribution is -2.14. The molecule has 1 amide bonds. The van der Waals surface area contributed by atoms with E-state index in [-0.39, 0.29) is 5.57 Å². The number of rotatable bonds is 4. The number of hydrogen-bond acceptors (Lipinski definition) is 3. The molecule has 110 valence electrons. The van der Waals surface area contributed by atoms with Crippen molar-refractivity contribution in [1.29, 1.82) is 5.26 Å². The molecule has 0 aromatic heterocycles. The smallest absolute Gasteiger partial charge is 0.267 e. The second kappa shape index (κ2) is 7.30. The molecule has 2 rings (SSSR count). The molecule has 0 aliphatic carbocycles. The van der Waals surface area contributed by atoms with Crippen LogP contribution in [-0.4, -0.2) is 5.91 Å². The SMILES string of the molecule is Cc1ccc(NC=C(C#N)C(=O)Nc2ccccc2)c(Cl)c1. The van der Waals surface area contributed by atoms with E-state index < -0.39 is 5.91 Å². The Labute approximate surface area is 134 Å². The van der Waals surface area contributed by atoms with E-state index >= 15 is 0 Å². The molecular formula is C17H14ClN3O. The van der Waals surface area contributed by atoms with Crippen LogP contribution in [0, 0.1) is 18.3 Å². The lowest BCUT2D eigenvalue weighted by Gasteiger charge is -2.06. The Kier molecular flexibility index (Phi) is 5.18. The molecule has 2 N–H and O–H groups in total. The van der Waals surface area contributed by atoms with Gasteiger partial charge in [-0.2, -0.15) is 5.26 Å². The molecule has 2 aromatic rings. The number of carbonyl (C=O) groups is 1. The molecule has 0 radical (unpaired) electrons. The first-order chi connectivity index (χ1) is 10.6. The topological polar surface area (TPSA) is 64.9 Å². The first-order valence-corrected chi connectivity index (χ1v) is 6.97. The Hall–Kier alpha value is -2.77. The van der Waals surface area contributed by atoms with E-state index in [2.05, 4.69) is 10.6 Å². The fourth-order valence-corrected chi connectivity index (χ4v) is 2.05. The van der Waals surface area contributed by atoms with Crippen LogP contribution in [0.5, 0.6) is 0 Å². The van der Waals surface area contributed by atoms with Gasteiger partial charge in [0.25, 0.3) is 5.91 Å². The molecule has 22 heavy (non-hydrogen) atoms. The van der Waals surface area contributed by atoms with Crippen LogP contribution in [0.25, 0.3) is 0 Å². The van der Waals surface area contributed by atoms with E-state index in [1.165, 1.54) is 6.20 Å². The first-order valence-electron chi connectivity index (χ1n) is 6.59. The maximum Gasteiger partial charge on any atom is 0.267 e. The van der Waals surface area contributed by atoms with Gasteiger partial charge in [-0.25, -0.2) is 0 Å². The Bertz CT molecular complexity index is 748. The fourth-order valence-electron chi connectivity index (χ4n) is 1.76. The molecule has 0 fully saturated rings. The van der Waals surface area contributed by atoms with Crippen molar-refractivity contribution < 1.29 is 4.79 Å². The van der Waals surface area contributed by atoms with Gasteiger partial charge in [0.15, 0.2) is 0 Å². The molecule has 0 aliphatic heterocycles. The maximum atomic E-state index is 12.0. The summed E-state index contributed by atoms with van der Waals surface area (Å²) in [5.74, 6) is -0.482. The number of nitrogens with zero attached hydrogens (tertiary/aromatic N) is 1. The van der Waals surface area contributed by atoms with E-state index in [0.29, 0.717) is 16.4 Å². The average Bonchev–Trinajstić information content (AvgIpc) is 2.50. The van der Waals surface area contributed by atoms with Crippen LogP contribution in [0.3, 0.4) is 0 Å². The summed E-state index contributed by atoms with van der Waals surface area (Å²) in [5.41, 5.74) is 2.25. The summed E-state index contributed by atoms with van der Waals surface area (Å²) >= 11 is 6.09. The van der Waals surface area contributed by atoms with Crippen LogP contribution in [0.2, 0.25) is 5.02 Å². The van der Waals surface area contributed by atoms with Gasteiger partial charge in [-0.3, -0.25) is 4.79 Å². The maximum absolute atomic E-state index is 12.0. The second-order valence-electron chi connectivity index (χ2n) is 4.62. The minimum atomic E-state index is -0.482. The molecule has 0 atom stereocenters. The van der Waals surface area contributed by atoms with Crippen molar-refractivity contribution in [3.63, 3.8) is 0 Å². The third-order valence-electron chi connectivity index (χ3n) is 2.89. The molecule has 0 spiro atoms. The molecule has 5 heteroatoms. The number of amides is 1. The van der Waals surface area contributed by atoms with Crippen molar-refractivity contribution in [3.8, 4) is 6.07 Å². The van der Waals surface area contributed by atoms with Crippen molar-refractivity contribution in [3.05, 3.63) is 70.9 Å². The molecule has 0 unspecified atom stereocenters. The van der Waals surface area contributed by atoms with Crippen LogP contribution < -0.4 is 10.6 Å². The lowest BCUT2D eigenvalue weighted by atomic mass is 10.2. The molecule has 0 saturated heterocycles. The van der Waals surface area contributed by atoms with Crippen molar-refractivity contribution in [2.24, 2.45) is 0 Å². The zero-order valence-electron chi connectivity index (χ0n) is 11.9. The Morgan fingerprint density at radius 3 is 2.59 bits per heavy atom. The molecule has 0 aliphatic rings. The van der Waals surface area contributed by atoms with E-state index in [4.69, 9.17) is 16.9 Å². The number of carbonyl (C=O) groups excluding carboxylic acids is 1. The minimum absolute atomic E-state index is 0.0412. The van der Waals surface area contributed by atoms with Gasteiger partial charge < -0.3 is 10.6 Å². The third-order valence-corrected chi connectivity index (χ3v) is 3.21. The molecular weight excluding hydrogens is 298 g/mol. The van der Waals surface area contributed by atoms with E-state index in [0.717, 1.165) is 5.56 Å². The van der Waals surface area contributed by atoms with Gasteiger partial charge in [-0.15, -0.1) is 0 Å². The van der Waals surface area contributed by atoms with E-state index in [9.17, 15) is 4.79 Å². The standard InChI is InChI=1S/C17H14ClN3O/c1-12-7-8-16(15(18)9-12)20-11-13(10-19)17(22)21-14-5-3-2-4-6-14/h2-9,11,20H,1H3,(H,21,22). The van der Waals surface area contributed by atoms with Crippen LogP contribution in [0.15, 0.2) is 60.3 Å². The van der Waals surface area contributed by atoms with Crippen LogP contribution >= 0.6 is 11.6 Å². The predicted octanol–water partition coefficient (Wildman–Crippen LogP) is 4.11. The average molecular weight is 312 g/mol. The predicted molar refractivity (Wildman–Crippen MR) is 88.6 cm³/mol. The highest BCUT2D eigenvalue weighted by Gasteiger charge is 2.09. The minimum Gasteiger partial charge on any atom is -0.359 e. The van der Waals surface area contributed by atoms with Crippen molar-refractivity contribution in [2.45, 2.75) is 6.92 Å². The number of aryl methyl sites for hydroxylation is 1. The first kappa shape index (κ1) is 15.6. The fraction of sp³-hybridized carbons (Fsp3) is 0.0588. The van der Waals surface area contributed by atoms with Gasteiger partial charge in [0.1, 0.15) is 11.6 Å². The molecule has 0 bridgehead atoms. The van der Waals surface area contributed by atoms with Crippen molar-refractivity contribution >= 4 is 28.9 Å². The zero-order chi connectivity index (χ0) is 15.9. The molecule has 0 saturated carbocycles. The van der Waals surface area contributed by atoms with Crippen molar-refractivity contribution in [1.82, 2.24) is 0 Å². The molecule has 4 nitrogen and oxygen atoms in total. The highest BCUT2D eigenvalue weighted by molar-refractivity contribution is 6.33. The van der Waals surface area contributed by atoms with Gasteiger partial charge in [0.05, 0.1) is 10.7 Å². The van der Waals surface area contributed by atoms with E-state index in [1.807, 2.05) is 25.1 Å². The number of nitriles is 1. The Morgan fingerprint density at radius 1 is 1.23 bits per heavy atom. The quantitative estimate of drug-likeness (QED) is 0.660. The molecule has 2 aromatic carbocycles. The Morgan fingerprint density at radius 2 is 1.95 bits per heavy atom. The van der Waals surface area contributed by atoms with Gasteiger partial charge in [-0.05, 0) is 36.8 Å². The highest BCUT2D eigenvalue weighted by Crippen LogP contribution is 2.22. The van der Waals surface area contributed by atoms with Crippen LogP contribution in [-0.2, 0) is 4.79 Å². The largest absolute Gasteiger partial charge is 0.359 e. The number of nitrogens with one attached hydrogen (secondary N) is 2. The number of hydrogen-bond donors (Lipinski definition) is 2. The molecule has 0 heterocycles. The summed E-state index contributed by atoms with van der Waals surface area (Å²) in [7, 11) is 0.